The highest BCUT2D eigenvalue weighted by Gasteiger charge is 2.27. The van der Waals surface area contributed by atoms with Crippen molar-refractivity contribution in [1.82, 2.24) is 0 Å². The van der Waals surface area contributed by atoms with Crippen LogP contribution in [-0.2, 0) is 4.79 Å². The molecule has 0 aliphatic heterocycles. The molecule has 1 aliphatic carbocycles. The maximum Gasteiger partial charge on any atom is 0.156 e. The van der Waals surface area contributed by atoms with Gasteiger partial charge in [-0.3, -0.25) is 4.79 Å². The van der Waals surface area contributed by atoms with Crippen LogP contribution in [0, 0.1) is 5.41 Å². The zero-order valence-electron chi connectivity index (χ0n) is 10.6. The first-order chi connectivity index (χ1) is 8.00. The molecule has 1 aromatic carbocycles. The monoisotopic (exact) mass is 230 g/mol. The van der Waals surface area contributed by atoms with E-state index in [-0.39, 0.29) is 11.2 Å². The van der Waals surface area contributed by atoms with Crippen LogP contribution in [0.25, 0.3) is 5.57 Å². The summed E-state index contributed by atoms with van der Waals surface area (Å²) < 4.78 is 5.13. The molecule has 0 N–H and O–H groups in total. The van der Waals surface area contributed by atoms with Crippen LogP contribution in [0.3, 0.4) is 0 Å². The summed E-state index contributed by atoms with van der Waals surface area (Å²) in [5.41, 5.74) is 2.32. The van der Waals surface area contributed by atoms with Crippen molar-refractivity contribution in [3.8, 4) is 5.75 Å². The van der Waals surface area contributed by atoms with Gasteiger partial charge in [0.05, 0.1) is 7.11 Å². The lowest BCUT2D eigenvalue weighted by atomic mass is 9.75. The minimum atomic E-state index is 0.0705. The first-order valence-corrected chi connectivity index (χ1v) is 5.88. The third kappa shape index (κ3) is 2.76. The Balaban J connectivity index is 2.29. The second-order valence-electron chi connectivity index (χ2n) is 5.38. The summed E-state index contributed by atoms with van der Waals surface area (Å²) in [6.07, 6.45) is 3.38. The molecule has 2 rings (SSSR count). The van der Waals surface area contributed by atoms with E-state index in [1.165, 1.54) is 0 Å². The molecule has 1 aromatic rings. The van der Waals surface area contributed by atoms with E-state index in [0.29, 0.717) is 6.42 Å². The molecule has 0 unspecified atom stereocenters. The fraction of sp³-hybridized carbons (Fsp3) is 0.400. The largest absolute Gasteiger partial charge is 0.497 e. The Hall–Kier alpha value is -1.57. The first kappa shape index (κ1) is 11.9. The molecule has 2 heteroatoms. The molecule has 0 aromatic heterocycles. The van der Waals surface area contributed by atoms with Gasteiger partial charge in [0.2, 0.25) is 0 Å². The molecule has 0 fully saturated rings. The van der Waals surface area contributed by atoms with Crippen molar-refractivity contribution in [2.45, 2.75) is 26.7 Å². The van der Waals surface area contributed by atoms with E-state index in [1.54, 1.807) is 13.2 Å². The van der Waals surface area contributed by atoms with Gasteiger partial charge < -0.3 is 4.74 Å². The van der Waals surface area contributed by atoms with Crippen molar-refractivity contribution in [3.63, 3.8) is 0 Å². The van der Waals surface area contributed by atoms with Crippen LogP contribution in [0.15, 0.2) is 30.3 Å². The Morgan fingerprint density at radius 3 is 2.29 bits per heavy atom. The van der Waals surface area contributed by atoms with Crippen LogP contribution < -0.4 is 4.74 Å². The Morgan fingerprint density at radius 2 is 1.76 bits per heavy atom. The molecule has 17 heavy (non-hydrogen) atoms. The highest BCUT2D eigenvalue weighted by Crippen LogP contribution is 2.38. The summed E-state index contributed by atoms with van der Waals surface area (Å²) in [6.45, 7) is 4.28. The minimum Gasteiger partial charge on any atom is -0.497 e. The van der Waals surface area contributed by atoms with Crippen LogP contribution in [0.2, 0.25) is 0 Å². The number of carbonyl (C=O) groups is 1. The first-order valence-electron chi connectivity index (χ1n) is 5.88. The number of ether oxygens (including phenoxy) is 1. The summed E-state index contributed by atoms with van der Waals surface area (Å²) in [5.74, 6) is 1.07. The molecule has 0 saturated heterocycles. The van der Waals surface area contributed by atoms with Gasteiger partial charge in [-0.15, -0.1) is 0 Å². The van der Waals surface area contributed by atoms with E-state index in [2.05, 4.69) is 13.8 Å². The van der Waals surface area contributed by atoms with Gasteiger partial charge in [0, 0.05) is 6.42 Å². The molecule has 0 heterocycles. The van der Waals surface area contributed by atoms with E-state index in [1.807, 2.05) is 24.3 Å². The smallest absolute Gasteiger partial charge is 0.156 e. The van der Waals surface area contributed by atoms with Crippen molar-refractivity contribution in [3.05, 3.63) is 35.9 Å². The summed E-state index contributed by atoms with van der Waals surface area (Å²) in [5, 5.41) is 0. The standard InChI is InChI=1S/C15H18O2/c1-15(2)9-12(8-13(16)10-15)11-4-6-14(17-3)7-5-11/h4-8H,9-10H2,1-3H3. The lowest BCUT2D eigenvalue weighted by Gasteiger charge is -2.29. The van der Waals surface area contributed by atoms with Crippen LogP contribution in [0.4, 0.5) is 0 Å². The third-order valence-electron chi connectivity index (χ3n) is 3.12. The summed E-state index contributed by atoms with van der Waals surface area (Å²) in [4.78, 5) is 11.7. The van der Waals surface area contributed by atoms with Crippen molar-refractivity contribution < 1.29 is 9.53 Å². The molecule has 1 aliphatic rings. The number of carbonyl (C=O) groups excluding carboxylic acids is 1. The van der Waals surface area contributed by atoms with Gasteiger partial charge in [0.1, 0.15) is 5.75 Å². The number of allylic oxidation sites excluding steroid dienone is 2. The number of hydrogen-bond donors (Lipinski definition) is 0. The number of hydrogen-bond acceptors (Lipinski definition) is 2. The van der Waals surface area contributed by atoms with Crippen LogP contribution >= 0.6 is 0 Å². The van der Waals surface area contributed by atoms with E-state index in [4.69, 9.17) is 4.74 Å². The third-order valence-corrected chi connectivity index (χ3v) is 3.12. The zero-order valence-corrected chi connectivity index (χ0v) is 10.6. The molecular weight excluding hydrogens is 212 g/mol. The van der Waals surface area contributed by atoms with E-state index in [9.17, 15) is 4.79 Å². The van der Waals surface area contributed by atoms with Gasteiger partial charge in [-0.05, 0) is 41.2 Å². The maximum absolute atomic E-state index is 11.7. The quantitative estimate of drug-likeness (QED) is 0.777. The molecule has 2 nitrogen and oxygen atoms in total. The zero-order chi connectivity index (χ0) is 12.5. The fourth-order valence-corrected chi connectivity index (χ4v) is 2.34. The average Bonchev–Trinajstić information content (AvgIpc) is 2.26. The van der Waals surface area contributed by atoms with Gasteiger partial charge in [0.25, 0.3) is 0 Å². The summed E-state index contributed by atoms with van der Waals surface area (Å²) in [7, 11) is 1.65. The second kappa shape index (κ2) is 4.36. The van der Waals surface area contributed by atoms with Crippen molar-refractivity contribution >= 4 is 11.4 Å². The predicted octanol–water partition coefficient (Wildman–Crippen LogP) is 3.47. The fourth-order valence-electron chi connectivity index (χ4n) is 2.34. The number of methoxy groups -OCH3 is 1. The van der Waals surface area contributed by atoms with Gasteiger partial charge in [-0.2, -0.15) is 0 Å². The van der Waals surface area contributed by atoms with Crippen LogP contribution in [-0.4, -0.2) is 12.9 Å². The Bertz CT molecular complexity index is 452. The van der Waals surface area contributed by atoms with Gasteiger partial charge in [0.15, 0.2) is 5.78 Å². The molecule has 0 spiro atoms. The number of benzene rings is 1. The van der Waals surface area contributed by atoms with Gasteiger partial charge >= 0.3 is 0 Å². The summed E-state index contributed by atoms with van der Waals surface area (Å²) >= 11 is 0. The van der Waals surface area contributed by atoms with Gasteiger partial charge in [-0.1, -0.05) is 26.0 Å². The minimum absolute atomic E-state index is 0.0705. The molecule has 0 radical (unpaired) electrons. The lowest BCUT2D eigenvalue weighted by Crippen LogP contribution is -2.21. The molecule has 0 amide bonds. The number of ketones is 1. The topological polar surface area (TPSA) is 26.3 Å². The number of rotatable bonds is 2. The molecule has 0 saturated carbocycles. The average molecular weight is 230 g/mol. The Kier molecular flexibility index (Phi) is 3.05. The van der Waals surface area contributed by atoms with Gasteiger partial charge in [-0.25, -0.2) is 0 Å². The maximum atomic E-state index is 11.7. The molecule has 0 bridgehead atoms. The van der Waals surface area contributed by atoms with Crippen LogP contribution in [0.1, 0.15) is 32.3 Å². The SMILES string of the molecule is COc1ccc(C2=CC(=O)CC(C)(C)C2)cc1. The highest BCUT2D eigenvalue weighted by molar-refractivity contribution is 5.99. The molecule has 90 valence electrons. The summed E-state index contributed by atoms with van der Waals surface area (Å²) in [6, 6.07) is 7.89. The second-order valence-corrected chi connectivity index (χ2v) is 5.38. The van der Waals surface area contributed by atoms with Crippen LogP contribution in [0.5, 0.6) is 5.75 Å². The van der Waals surface area contributed by atoms with E-state index < -0.39 is 0 Å². The Labute approximate surface area is 102 Å². The van der Waals surface area contributed by atoms with Crippen molar-refractivity contribution in [2.24, 2.45) is 5.41 Å². The normalized spacial score (nSPS) is 18.8. The van der Waals surface area contributed by atoms with E-state index >= 15 is 0 Å². The van der Waals surface area contributed by atoms with Crippen molar-refractivity contribution in [1.29, 1.82) is 0 Å². The predicted molar refractivity (Wildman–Crippen MR) is 69.0 cm³/mol. The van der Waals surface area contributed by atoms with E-state index in [0.717, 1.165) is 23.3 Å². The molecular formula is C15H18O2. The van der Waals surface area contributed by atoms with Crippen molar-refractivity contribution in [2.75, 3.05) is 7.11 Å². The Morgan fingerprint density at radius 1 is 1.12 bits per heavy atom. The molecule has 0 atom stereocenters. The lowest BCUT2D eigenvalue weighted by molar-refractivity contribution is -0.116. The highest BCUT2D eigenvalue weighted by atomic mass is 16.5.